The van der Waals surface area contributed by atoms with E-state index in [1.54, 1.807) is 18.6 Å². The third-order valence-corrected chi connectivity index (χ3v) is 5.19. The van der Waals surface area contributed by atoms with E-state index in [2.05, 4.69) is 10.3 Å². The predicted molar refractivity (Wildman–Crippen MR) is 96.8 cm³/mol. The van der Waals surface area contributed by atoms with Gasteiger partial charge in [0.15, 0.2) is 0 Å². The smallest absolute Gasteiger partial charge is 0.294 e. The SMILES string of the molecule is O=C(CN1C(=O)SC(=Cc2cccs2)C1=O)NCCCn1ccnc1. The van der Waals surface area contributed by atoms with Crippen molar-refractivity contribution in [1.82, 2.24) is 19.8 Å². The highest BCUT2D eigenvalue weighted by atomic mass is 32.2. The molecule has 3 rings (SSSR count). The molecule has 1 aliphatic rings. The summed E-state index contributed by atoms with van der Waals surface area (Å²) in [7, 11) is 0. The van der Waals surface area contributed by atoms with Crippen LogP contribution in [0.5, 0.6) is 0 Å². The molecule has 1 saturated heterocycles. The van der Waals surface area contributed by atoms with Crippen LogP contribution < -0.4 is 5.32 Å². The summed E-state index contributed by atoms with van der Waals surface area (Å²) in [6.07, 6.45) is 7.67. The van der Waals surface area contributed by atoms with E-state index in [0.29, 0.717) is 11.4 Å². The highest BCUT2D eigenvalue weighted by molar-refractivity contribution is 8.18. The number of carbonyl (C=O) groups excluding carboxylic acids is 3. The fourth-order valence-corrected chi connectivity index (χ4v) is 3.81. The van der Waals surface area contributed by atoms with Crippen molar-refractivity contribution in [2.24, 2.45) is 0 Å². The zero-order valence-corrected chi connectivity index (χ0v) is 14.9. The minimum absolute atomic E-state index is 0.252. The average Bonchev–Trinajstić information content (AvgIpc) is 3.32. The van der Waals surface area contributed by atoms with Crippen LogP contribution in [0.3, 0.4) is 0 Å². The van der Waals surface area contributed by atoms with Gasteiger partial charge in [0.05, 0.1) is 11.2 Å². The molecule has 9 heteroatoms. The lowest BCUT2D eigenvalue weighted by atomic mass is 10.3. The maximum absolute atomic E-state index is 12.3. The van der Waals surface area contributed by atoms with E-state index < -0.39 is 11.1 Å². The monoisotopic (exact) mass is 376 g/mol. The van der Waals surface area contributed by atoms with E-state index in [0.717, 1.165) is 34.5 Å². The van der Waals surface area contributed by atoms with Crippen LogP contribution in [0.15, 0.2) is 41.1 Å². The second kappa shape index (κ2) is 8.13. The summed E-state index contributed by atoms with van der Waals surface area (Å²) in [6.45, 7) is 0.960. The first kappa shape index (κ1) is 17.4. The van der Waals surface area contributed by atoms with Crippen LogP contribution in [0.4, 0.5) is 4.79 Å². The van der Waals surface area contributed by atoms with Crippen molar-refractivity contribution in [1.29, 1.82) is 0 Å². The summed E-state index contributed by atoms with van der Waals surface area (Å²) >= 11 is 2.35. The van der Waals surface area contributed by atoms with Gasteiger partial charge in [-0.25, -0.2) is 4.98 Å². The van der Waals surface area contributed by atoms with Crippen molar-refractivity contribution in [2.45, 2.75) is 13.0 Å². The molecule has 0 spiro atoms. The summed E-state index contributed by atoms with van der Waals surface area (Å²) < 4.78 is 1.91. The Morgan fingerprint density at radius 3 is 2.96 bits per heavy atom. The lowest BCUT2D eigenvalue weighted by molar-refractivity contribution is -0.129. The third-order valence-electron chi connectivity index (χ3n) is 3.47. The Morgan fingerprint density at radius 1 is 1.36 bits per heavy atom. The third kappa shape index (κ3) is 4.58. The van der Waals surface area contributed by atoms with Gasteiger partial charge in [-0.2, -0.15) is 0 Å². The Bertz CT molecular complexity index is 784. The summed E-state index contributed by atoms with van der Waals surface area (Å²) in [5.41, 5.74) is 0. The summed E-state index contributed by atoms with van der Waals surface area (Å²) in [5.74, 6) is -0.762. The number of aromatic nitrogens is 2. The van der Waals surface area contributed by atoms with Crippen molar-refractivity contribution < 1.29 is 14.4 Å². The number of carbonyl (C=O) groups is 3. The average molecular weight is 376 g/mol. The van der Waals surface area contributed by atoms with Crippen LogP contribution in [-0.4, -0.2) is 44.6 Å². The minimum Gasteiger partial charge on any atom is -0.354 e. The van der Waals surface area contributed by atoms with Gasteiger partial charge in [0.2, 0.25) is 5.91 Å². The van der Waals surface area contributed by atoms with E-state index in [-0.39, 0.29) is 12.5 Å². The Hall–Kier alpha value is -2.39. The molecule has 1 aliphatic heterocycles. The molecule has 2 aromatic heterocycles. The minimum atomic E-state index is -0.419. The number of thioether (sulfide) groups is 1. The van der Waals surface area contributed by atoms with Crippen LogP contribution in [0.2, 0.25) is 0 Å². The first-order chi connectivity index (χ1) is 12.1. The van der Waals surface area contributed by atoms with Gasteiger partial charge in [0.1, 0.15) is 6.54 Å². The van der Waals surface area contributed by atoms with Crippen LogP contribution >= 0.6 is 23.1 Å². The van der Waals surface area contributed by atoms with Gasteiger partial charge in [-0.1, -0.05) is 6.07 Å². The van der Waals surface area contributed by atoms with Crippen molar-refractivity contribution in [3.8, 4) is 0 Å². The molecule has 7 nitrogen and oxygen atoms in total. The number of imide groups is 1. The molecule has 0 aromatic carbocycles. The summed E-state index contributed by atoms with van der Waals surface area (Å²) in [5, 5.41) is 4.21. The number of hydrogen-bond donors (Lipinski definition) is 1. The van der Waals surface area contributed by atoms with Gasteiger partial charge in [0.25, 0.3) is 11.1 Å². The van der Waals surface area contributed by atoms with E-state index >= 15 is 0 Å². The standard InChI is InChI=1S/C16H16N4O3S2/c21-14(18-4-2-6-19-7-5-17-11-19)10-20-15(22)13(25-16(20)23)9-12-3-1-8-24-12/h1,3,5,7-9,11H,2,4,6,10H2,(H,18,21). The first-order valence-corrected chi connectivity index (χ1v) is 9.34. The lowest BCUT2D eigenvalue weighted by Gasteiger charge is -2.12. The van der Waals surface area contributed by atoms with Crippen LogP contribution in [0.25, 0.3) is 6.08 Å². The highest BCUT2D eigenvalue weighted by Crippen LogP contribution is 2.32. The molecule has 1 fully saturated rings. The number of amides is 3. The predicted octanol–water partition coefficient (Wildman–Crippen LogP) is 2.19. The summed E-state index contributed by atoms with van der Waals surface area (Å²) in [6, 6.07) is 3.74. The molecule has 2 aromatic rings. The molecular weight excluding hydrogens is 360 g/mol. The Balaban J connectivity index is 1.47. The lowest BCUT2D eigenvalue weighted by Crippen LogP contribution is -2.39. The van der Waals surface area contributed by atoms with Gasteiger partial charge in [-0.15, -0.1) is 11.3 Å². The molecule has 3 heterocycles. The van der Waals surface area contributed by atoms with E-state index in [9.17, 15) is 14.4 Å². The number of aryl methyl sites for hydroxylation is 1. The second-order valence-corrected chi connectivity index (χ2v) is 7.26. The van der Waals surface area contributed by atoms with E-state index in [1.807, 2.05) is 28.3 Å². The fraction of sp³-hybridized carbons (Fsp3) is 0.250. The number of thiophene rings is 1. The Morgan fingerprint density at radius 2 is 2.24 bits per heavy atom. The summed E-state index contributed by atoms with van der Waals surface area (Å²) in [4.78, 5) is 42.4. The van der Waals surface area contributed by atoms with Crippen molar-refractivity contribution in [3.63, 3.8) is 0 Å². The molecule has 130 valence electrons. The molecule has 0 radical (unpaired) electrons. The quantitative estimate of drug-likeness (QED) is 0.591. The van der Waals surface area contributed by atoms with Crippen molar-refractivity contribution >= 4 is 46.2 Å². The van der Waals surface area contributed by atoms with Crippen LogP contribution in [0.1, 0.15) is 11.3 Å². The number of rotatable bonds is 7. The van der Waals surface area contributed by atoms with Gasteiger partial charge < -0.3 is 9.88 Å². The maximum atomic E-state index is 12.3. The largest absolute Gasteiger partial charge is 0.354 e. The van der Waals surface area contributed by atoms with E-state index in [4.69, 9.17) is 0 Å². The molecule has 0 saturated carbocycles. The molecule has 3 amide bonds. The zero-order chi connectivity index (χ0) is 17.6. The van der Waals surface area contributed by atoms with Crippen molar-refractivity contribution in [2.75, 3.05) is 13.1 Å². The maximum Gasteiger partial charge on any atom is 0.294 e. The number of imidazole rings is 1. The van der Waals surface area contributed by atoms with Crippen LogP contribution in [0, 0.1) is 0 Å². The van der Waals surface area contributed by atoms with Gasteiger partial charge in [-0.3, -0.25) is 19.3 Å². The molecule has 0 unspecified atom stereocenters. The number of nitrogens with zero attached hydrogens (tertiary/aromatic N) is 3. The Kier molecular flexibility index (Phi) is 5.67. The molecule has 0 aliphatic carbocycles. The van der Waals surface area contributed by atoms with Crippen LogP contribution in [-0.2, 0) is 16.1 Å². The normalized spacial score (nSPS) is 16.0. The van der Waals surface area contributed by atoms with Gasteiger partial charge in [0, 0.05) is 30.4 Å². The van der Waals surface area contributed by atoms with Gasteiger partial charge >= 0.3 is 0 Å². The molecule has 0 bridgehead atoms. The molecular formula is C16H16N4O3S2. The topological polar surface area (TPSA) is 84.3 Å². The molecule has 0 atom stereocenters. The number of nitrogens with one attached hydrogen (secondary N) is 1. The fourth-order valence-electron chi connectivity index (χ4n) is 2.25. The highest BCUT2D eigenvalue weighted by Gasteiger charge is 2.36. The zero-order valence-electron chi connectivity index (χ0n) is 13.3. The molecule has 1 N–H and O–H groups in total. The van der Waals surface area contributed by atoms with Gasteiger partial charge in [-0.05, 0) is 35.7 Å². The second-order valence-electron chi connectivity index (χ2n) is 5.29. The first-order valence-electron chi connectivity index (χ1n) is 7.65. The number of hydrogen-bond acceptors (Lipinski definition) is 6. The molecule has 25 heavy (non-hydrogen) atoms. The van der Waals surface area contributed by atoms with E-state index in [1.165, 1.54) is 11.3 Å². The Labute approximate surface area is 152 Å². The van der Waals surface area contributed by atoms with Crippen molar-refractivity contribution in [3.05, 3.63) is 46.0 Å².